The van der Waals surface area contributed by atoms with Gasteiger partial charge in [-0.1, -0.05) is 56.0 Å². The molecule has 0 aromatic heterocycles. The number of rotatable bonds is 15. The maximum absolute atomic E-state index is 11.7. The summed E-state index contributed by atoms with van der Waals surface area (Å²) in [5.41, 5.74) is 0. The Bertz CT molecular complexity index is 398. The smallest absolute Gasteiger partial charge is 0.305 e. The lowest BCUT2D eigenvalue weighted by atomic mass is 10.1. The molecule has 0 aromatic carbocycles. The Kier molecular flexibility index (Phi) is 14.1. The lowest BCUT2D eigenvalue weighted by molar-refractivity contribution is -0.146. The van der Waals surface area contributed by atoms with Gasteiger partial charge in [-0.15, -0.1) is 0 Å². The fourth-order valence-electron chi connectivity index (χ4n) is 3.13. The van der Waals surface area contributed by atoms with Gasteiger partial charge in [0.15, 0.2) is 0 Å². The molecule has 0 amide bonds. The Balaban J connectivity index is 1.30. The van der Waals surface area contributed by atoms with Crippen LogP contribution in [0.2, 0.25) is 0 Å². The second kappa shape index (κ2) is 16.1. The largest absolute Gasteiger partial charge is 0.466 e. The number of esters is 2. The molecule has 0 bridgehead atoms. The molecule has 2 unspecified atom stereocenters. The third kappa shape index (κ3) is 12.1. The molecule has 0 N–H and O–H groups in total. The molecule has 28 heavy (non-hydrogen) atoms. The molecule has 162 valence electrons. The monoisotopic (exact) mass is 466 g/mol. The quantitative estimate of drug-likeness (QED) is 0.159. The van der Waals surface area contributed by atoms with Gasteiger partial charge in [-0.25, -0.2) is 0 Å². The number of unbranched alkanes of at least 4 members (excludes halogenated alkanes) is 3. The van der Waals surface area contributed by atoms with Crippen LogP contribution >= 0.6 is 43.2 Å². The molecule has 2 heterocycles. The van der Waals surface area contributed by atoms with E-state index < -0.39 is 0 Å². The van der Waals surface area contributed by atoms with E-state index in [2.05, 4.69) is 0 Å². The predicted molar refractivity (Wildman–Crippen MR) is 125 cm³/mol. The first-order valence-electron chi connectivity index (χ1n) is 10.6. The van der Waals surface area contributed by atoms with Crippen molar-refractivity contribution in [3.05, 3.63) is 0 Å². The Hall–Kier alpha value is 0.340. The summed E-state index contributed by atoms with van der Waals surface area (Å²) in [5.74, 6) is 2.35. The van der Waals surface area contributed by atoms with Crippen LogP contribution in [0.4, 0.5) is 0 Å². The zero-order valence-electron chi connectivity index (χ0n) is 16.7. The SMILES string of the molecule is O=C(CCCCC1CCSS1)OCCCCOC(=O)CCCCC1CCSS1. The maximum atomic E-state index is 11.7. The highest BCUT2D eigenvalue weighted by molar-refractivity contribution is 8.77. The number of carbonyl (C=O) groups excluding carboxylic acids is 2. The van der Waals surface area contributed by atoms with E-state index in [0.29, 0.717) is 26.1 Å². The number of hydrogen-bond acceptors (Lipinski definition) is 8. The van der Waals surface area contributed by atoms with Crippen molar-refractivity contribution in [2.24, 2.45) is 0 Å². The molecule has 4 nitrogen and oxygen atoms in total. The minimum Gasteiger partial charge on any atom is -0.466 e. The lowest BCUT2D eigenvalue weighted by Crippen LogP contribution is -2.09. The summed E-state index contributed by atoms with van der Waals surface area (Å²) in [6, 6.07) is 0. The van der Waals surface area contributed by atoms with Crippen molar-refractivity contribution in [3.63, 3.8) is 0 Å². The van der Waals surface area contributed by atoms with Crippen molar-refractivity contribution in [1.82, 2.24) is 0 Å². The molecule has 2 aliphatic heterocycles. The van der Waals surface area contributed by atoms with Crippen molar-refractivity contribution in [2.45, 2.75) is 87.5 Å². The minimum absolute atomic E-state index is 0.0933. The first kappa shape index (κ1) is 24.6. The van der Waals surface area contributed by atoms with Gasteiger partial charge in [0.05, 0.1) is 13.2 Å². The molecule has 2 rings (SSSR count). The van der Waals surface area contributed by atoms with Crippen LogP contribution in [0.15, 0.2) is 0 Å². The highest BCUT2D eigenvalue weighted by atomic mass is 33.1. The van der Waals surface area contributed by atoms with E-state index in [0.717, 1.165) is 49.0 Å². The molecule has 0 spiro atoms. The molecule has 0 aromatic rings. The molecule has 2 saturated heterocycles. The Morgan fingerprint density at radius 2 is 1.14 bits per heavy atom. The van der Waals surface area contributed by atoms with E-state index in [1.54, 1.807) is 0 Å². The van der Waals surface area contributed by atoms with E-state index in [9.17, 15) is 9.59 Å². The summed E-state index contributed by atoms with van der Waals surface area (Å²) in [7, 11) is 7.93. The second-order valence-corrected chi connectivity index (χ2v) is 12.9. The average Bonchev–Trinajstić information content (AvgIpc) is 3.39. The second-order valence-electron chi connectivity index (χ2n) is 7.30. The third-order valence-electron chi connectivity index (χ3n) is 4.83. The third-order valence-corrected chi connectivity index (χ3v) is 10.8. The fraction of sp³-hybridized carbons (Fsp3) is 0.900. The van der Waals surface area contributed by atoms with Crippen LogP contribution in [0.1, 0.15) is 77.0 Å². The Morgan fingerprint density at radius 3 is 1.54 bits per heavy atom. The van der Waals surface area contributed by atoms with Crippen LogP contribution in [0, 0.1) is 0 Å². The van der Waals surface area contributed by atoms with Gasteiger partial charge >= 0.3 is 11.9 Å². The predicted octanol–water partition coefficient (Wildman–Crippen LogP) is 6.28. The number of ether oxygens (including phenoxy) is 2. The lowest BCUT2D eigenvalue weighted by Gasteiger charge is -2.08. The van der Waals surface area contributed by atoms with Crippen molar-refractivity contribution < 1.29 is 19.1 Å². The van der Waals surface area contributed by atoms with Crippen LogP contribution < -0.4 is 0 Å². The maximum Gasteiger partial charge on any atom is 0.305 e. The Labute approximate surface area is 186 Å². The van der Waals surface area contributed by atoms with E-state index in [4.69, 9.17) is 9.47 Å². The zero-order chi connectivity index (χ0) is 19.9. The van der Waals surface area contributed by atoms with Gasteiger partial charge in [-0.05, 0) is 51.4 Å². The molecular formula is C20H34O4S4. The standard InChI is InChI=1S/C20H34O4S4/c21-19(9-3-1-7-17-11-15-25-27-17)23-13-5-6-14-24-20(22)10-4-2-8-18-12-16-26-28-18/h17-18H,1-16H2. The summed E-state index contributed by atoms with van der Waals surface area (Å²) in [5, 5.41) is 1.57. The molecule has 0 saturated carbocycles. The van der Waals surface area contributed by atoms with Gasteiger partial charge in [0, 0.05) is 34.8 Å². The summed E-state index contributed by atoms with van der Waals surface area (Å²) < 4.78 is 10.5. The zero-order valence-corrected chi connectivity index (χ0v) is 20.0. The molecule has 2 fully saturated rings. The van der Waals surface area contributed by atoms with Gasteiger partial charge < -0.3 is 9.47 Å². The number of hydrogen-bond donors (Lipinski definition) is 0. The van der Waals surface area contributed by atoms with Crippen molar-refractivity contribution >= 4 is 55.1 Å². The van der Waals surface area contributed by atoms with Crippen LogP contribution in [-0.2, 0) is 19.1 Å². The van der Waals surface area contributed by atoms with Crippen LogP contribution in [0.5, 0.6) is 0 Å². The van der Waals surface area contributed by atoms with E-state index in [-0.39, 0.29) is 11.9 Å². The summed E-state index contributed by atoms with van der Waals surface area (Å²) in [6.45, 7) is 0.866. The number of carbonyl (C=O) groups is 2. The highest BCUT2D eigenvalue weighted by Gasteiger charge is 2.16. The van der Waals surface area contributed by atoms with E-state index >= 15 is 0 Å². The van der Waals surface area contributed by atoms with Gasteiger partial charge in [0.1, 0.15) is 0 Å². The highest BCUT2D eigenvalue weighted by Crippen LogP contribution is 2.40. The minimum atomic E-state index is -0.0933. The summed E-state index contributed by atoms with van der Waals surface area (Å²) in [4.78, 5) is 23.4. The molecule has 2 aliphatic rings. The molecule has 0 aliphatic carbocycles. The van der Waals surface area contributed by atoms with Gasteiger partial charge in [0.25, 0.3) is 0 Å². The van der Waals surface area contributed by atoms with Crippen molar-refractivity contribution in [3.8, 4) is 0 Å². The normalized spacial score (nSPS) is 21.7. The first-order valence-corrected chi connectivity index (χ1v) is 15.4. The van der Waals surface area contributed by atoms with Crippen molar-refractivity contribution in [1.29, 1.82) is 0 Å². The molecule has 8 heteroatoms. The first-order chi connectivity index (χ1) is 13.7. The van der Waals surface area contributed by atoms with Gasteiger partial charge in [0.2, 0.25) is 0 Å². The van der Waals surface area contributed by atoms with Gasteiger partial charge in [-0.3, -0.25) is 9.59 Å². The van der Waals surface area contributed by atoms with Crippen LogP contribution in [0.25, 0.3) is 0 Å². The molecule has 0 radical (unpaired) electrons. The van der Waals surface area contributed by atoms with E-state index in [1.807, 2.05) is 43.2 Å². The van der Waals surface area contributed by atoms with Crippen LogP contribution in [0.3, 0.4) is 0 Å². The molecule has 2 atom stereocenters. The molecular weight excluding hydrogens is 432 g/mol. The Morgan fingerprint density at radius 1 is 0.679 bits per heavy atom. The summed E-state index contributed by atoms with van der Waals surface area (Å²) >= 11 is 0. The van der Waals surface area contributed by atoms with Crippen molar-refractivity contribution in [2.75, 3.05) is 24.7 Å². The topological polar surface area (TPSA) is 52.6 Å². The van der Waals surface area contributed by atoms with Gasteiger partial charge in [-0.2, -0.15) is 0 Å². The fourth-order valence-corrected chi connectivity index (χ4v) is 9.19. The average molecular weight is 467 g/mol. The van der Waals surface area contributed by atoms with E-state index in [1.165, 1.54) is 37.2 Å². The summed E-state index contributed by atoms with van der Waals surface area (Å²) in [6.07, 6.45) is 11.7. The van der Waals surface area contributed by atoms with Crippen LogP contribution in [-0.4, -0.2) is 47.2 Å².